The molecular formula is C21H26N2O3S. The smallest absolute Gasteiger partial charge is 0.235 e. The molecule has 144 valence electrons. The number of hydrogen-bond acceptors (Lipinski definition) is 3. The largest absolute Gasteiger partial charge is 0.356 e. The van der Waals surface area contributed by atoms with Gasteiger partial charge in [-0.25, -0.2) is 8.42 Å². The van der Waals surface area contributed by atoms with Crippen molar-refractivity contribution in [3.63, 3.8) is 0 Å². The molecule has 0 spiro atoms. The second kappa shape index (κ2) is 9.04. The maximum atomic E-state index is 12.7. The maximum absolute atomic E-state index is 12.7. The van der Waals surface area contributed by atoms with Gasteiger partial charge in [0.25, 0.3) is 0 Å². The van der Waals surface area contributed by atoms with E-state index in [9.17, 15) is 13.2 Å². The lowest BCUT2D eigenvalue weighted by Crippen LogP contribution is -2.38. The quantitative estimate of drug-likeness (QED) is 0.710. The van der Waals surface area contributed by atoms with Crippen LogP contribution in [0, 0.1) is 0 Å². The first-order valence-electron chi connectivity index (χ1n) is 9.45. The van der Waals surface area contributed by atoms with Gasteiger partial charge in [0.1, 0.15) is 0 Å². The van der Waals surface area contributed by atoms with Gasteiger partial charge in [0.2, 0.25) is 15.9 Å². The molecule has 3 rings (SSSR count). The van der Waals surface area contributed by atoms with Gasteiger partial charge in [-0.05, 0) is 42.9 Å². The summed E-state index contributed by atoms with van der Waals surface area (Å²) in [5.41, 5.74) is 3.04. The Hall–Kier alpha value is -2.34. The number of para-hydroxylation sites is 1. The number of amides is 1. The third kappa shape index (κ3) is 5.32. The minimum atomic E-state index is -3.49. The first kappa shape index (κ1) is 19.4. The van der Waals surface area contributed by atoms with Crippen molar-refractivity contribution in [2.24, 2.45) is 0 Å². The molecular weight excluding hydrogens is 360 g/mol. The number of rotatable bonds is 8. The SMILES string of the molecule is O=C(CCS(=O)(=O)N1CCCc2ccccc21)NCCCc1ccccc1. The van der Waals surface area contributed by atoms with Gasteiger partial charge in [-0.3, -0.25) is 9.10 Å². The van der Waals surface area contributed by atoms with E-state index in [-0.39, 0.29) is 18.1 Å². The molecule has 1 amide bonds. The van der Waals surface area contributed by atoms with Crippen molar-refractivity contribution in [1.82, 2.24) is 5.32 Å². The minimum absolute atomic E-state index is 0.00760. The molecule has 1 aliphatic rings. The van der Waals surface area contributed by atoms with Gasteiger partial charge in [-0.15, -0.1) is 0 Å². The van der Waals surface area contributed by atoms with Gasteiger partial charge in [-0.1, -0.05) is 48.5 Å². The van der Waals surface area contributed by atoms with Crippen molar-refractivity contribution >= 4 is 21.6 Å². The fourth-order valence-electron chi connectivity index (χ4n) is 3.37. The molecule has 1 N–H and O–H groups in total. The summed E-state index contributed by atoms with van der Waals surface area (Å²) in [6, 6.07) is 17.7. The van der Waals surface area contributed by atoms with Crippen LogP contribution in [-0.2, 0) is 27.7 Å². The molecule has 2 aromatic carbocycles. The molecule has 0 atom stereocenters. The Morgan fingerprint density at radius 1 is 1.04 bits per heavy atom. The van der Waals surface area contributed by atoms with Crippen LogP contribution in [0.2, 0.25) is 0 Å². The topological polar surface area (TPSA) is 66.5 Å². The Morgan fingerprint density at radius 3 is 2.59 bits per heavy atom. The zero-order valence-electron chi connectivity index (χ0n) is 15.4. The average Bonchev–Trinajstić information content (AvgIpc) is 2.70. The number of aryl methyl sites for hydroxylation is 2. The Kier molecular flexibility index (Phi) is 6.50. The highest BCUT2D eigenvalue weighted by atomic mass is 32.2. The van der Waals surface area contributed by atoms with E-state index in [4.69, 9.17) is 0 Å². The lowest BCUT2D eigenvalue weighted by Gasteiger charge is -2.30. The van der Waals surface area contributed by atoms with Crippen LogP contribution in [0.4, 0.5) is 5.69 Å². The van der Waals surface area contributed by atoms with E-state index in [1.54, 1.807) is 0 Å². The van der Waals surface area contributed by atoms with E-state index in [0.29, 0.717) is 13.1 Å². The normalized spacial score (nSPS) is 13.9. The molecule has 27 heavy (non-hydrogen) atoms. The van der Waals surface area contributed by atoms with Crippen LogP contribution in [-0.4, -0.2) is 33.2 Å². The standard InChI is InChI=1S/C21H26N2O3S/c24-21(22-15-6-10-18-8-2-1-3-9-18)14-17-27(25,26)23-16-7-12-19-11-4-5-13-20(19)23/h1-5,8-9,11,13H,6-7,10,12,14-17H2,(H,22,24). The minimum Gasteiger partial charge on any atom is -0.356 e. The Labute approximate surface area is 161 Å². The number of nitrogens with one attached hydrogen (secondary N) is 1. The number of benzene rings is 2. The Bertz CT molecular complexity index is 866. The molecule has 0 radical (unpaired) electrons. The summed E-state index contributed by atoms with van der Waals surface area (Å²) >= 11 is 0. The summed E-state index contributed by atoms with van der Waals surface area (Å²) in [7, 11) is -3.49. The van der Waals surface area contributed by atoms with Gasteiger partial charge in [0.05, 0.1) is 11.4 Å². The summed E-state index contributed by atoms with van der Waals surface area (Å²) in [5, 5.41) is 2.83. The first-order valence-corrected chi connectivity index (χ1v) is 11.1. The van der Waals surface area contributed by atoms with E-state index in [0.717, 1.165) is 36.9 Å². The zero-order valence-corrected chi connectivity index (χ0v) is 16.2. The molecule has 1 aliphatic heterocycles. The van der Waals surface area contributed by atoms with Crippen molar-refractivity contribution in [3.05, 3.63) is 65.7 Å². The van der Waals surface area contributed by atoms with Crippen LogP contribution in [0.1, 0.15) is 30.4 Å². The maximum Gasteiger partial charge on any atom is 0.235 e. The summed E-state index contributed by atoms with van der Waals surface area (Å²) in [5.74, 6) is -0.372. The number of hydrogen-bond donors (Lipinski definition) is 1. The van der Waals surface area contributed by atoms with Crippen LogP contribution in [0.5, 0.6) is 0 Å². The molecule has 2 aromatic rings. The van der Waals surface area contributed by atoms with Crippen LogP contribution in [0.3, 0.4) is 0 Å². The fourth-order valence-corrected chi connectivity index (χ4v) is 4.92. The predicted molar refractivity (Wildman–Crippen MR) is 108 cm³/mol. The van der Waals surface area contributed by atoms with Gasteiger partial charge < -0.3 is 5.32 Å². The van der Waals surface area contributed by atoms with Crippen LogP contribution in [0.25, 0.3) is 0 Å². The monoisotopic (exact) mass is 386 g/mol. The van der Waals surface area contributed by atoms with Gasteiger partial charge in [0, 0.05) is 19.5 Å². The molecule has 6 heteroatoms. The number of fused-ring (bicyclic) bond motifs is 1. The highest BCUT2D eigenvalue weighted by Gasteiger charge is 2.27. The second-order valence-electron chi connectivity index (χ2n) is 6.81. The van der Waals surface area contributed by atoms with Gasteiger partial charge in [-0.2, -0.15) is 0 Å². The Morgan fingerprint density at radius 2 is 1.78 bits per heavy atom. The number of carbonyl (C=O) groups is 1. The lowest BCUT2D eigenvalue weighted by molar-refractivity contribution is -0.120. The summed E-state index contributed by atoms with van der Waals surface area (Å²) in [6.45, 7) is 1.04. The summed E-state index contributed by atoms with van der Waals surface area (Å²) in [6.07, 6.45) is 3.42. The number of sulfonamides is 1. The number of carbonyl (C=O) groups excluding carboxylic acids is 1. The fraction of sp³-hybridized carbons (Fsp3) is 0.381. The number of nitrogens with zero attached hydrogens (tertiary/aromatic N) is 1. The molecule has 1 heterocycles. The third-order valence-electron chi connectivity index (χ3n) is 4.80. The highest BCUT2D eigenvalue weighted by molar-refractivity contribution is 7.92. The molecule has 0 bridgehead atoms. The van der Waals surface area contributed by atoms with Crippen molar-refractivity contribution < 1.29 is 13.2 Å². The summed E-state index contributed by atoms with van der Waals surface area (Å²) < 4.78 is 26.9. The van der Waals surface area contributed by atoms with E-state index < -0.39 is 10.0 Å². The Balaban J connectivity index is 1.45. The molecule has 0 unspecified atom stereocenters. The van der Waals surface area contributed by atoms with Crippen LogP contribution >= 0.6 is 0 Å². The van der Waals surface area contributed by atoms with E-state index in [1.807, 2.05) is 42.5 Å². The lowest BCUT2D eigenvalue weighted by atomic mass is 10.0. The van der Waals surface area contributed by atoms with Gasteiger partial charge in [0.15, 0.2) is 0 Å². The van der Waals surface area contributed by atoms with E-state index >= 15 is 0 Å². The highest BCUT2D eigenvalue weighted by Crippen LogP contribution is 2.29. The average molecular weight is 387 g/mol. The van der Waals surface area contributed by atoms with Crippen LogP contribution < -0.4 is 9.62 Å². The van der Waals surface area contributed by atoms with Crippen LogP contribution in [0.15, 0.2) is 54.6 Å². The van der Waals surface area contributed by atoms with Crippen molar-refractivity contribution in [1.29, 1.82) is 0 Å². The molecule has 0 aromatic heterocycles. The van der Waals surface area contributed by atoms with E-state index in [1.165, 1.54) is 9.87 Å². The molecule has 0 aliphatic carbocycles. The molecule has 0 fully saturated rings. The molecule has 5 nitrogen and oxygen atoms in total. The van der Waals surface area contributed by atoms with E-state index in [2.05, 4.69) is 17.4 Å². The second-order valence-corrected chi connectivity index (χ2v) is 8.82. The van der Waals surface area contributed by atoms with Crippen molar-refractivity contribution in [2.75, 3.05) is 23.1 Å². The van der Waals surface area contributed by atoms with Crippen molar-refractivity contribution in [3.8, 4) is 0 Å². The summed E-state index contributed by atoms with van der Waals surface area (Å²) in [4.78, 5) is 12.0. The van der Waals surface area contributed by atoms with Gasteiger partial charge >= 0.3 is 0 Å². The third-order valence-corrected chi connectivity index (χ3v) is 6.57. The molecule has 0 saturated carbocycles. The number of anilines is 1. The van der Waals surface area contributed by atoms with Crippen molar-refractivity contribution in [2.45, 2.75) is 32.1 Å². The zero-order chi connectivity index (χ0) is 19.1. The predicted octanol–water partition coefficient (Wildman–Crippen LogP) is 2.91. The first-order chi connectivity index (χ1) is 13.1. The molecule has 0 saturated heterocycles.